The number of aliphatic hydroxyl groups excluding tert-OH is 1. The largest absolute Gasteiger partial charge is 0.481 e. The van der Waals surface area contributed by atoms with Gasteiger partial charge in [-0.2, -0.15) is 0 Å². The highest BCUT2D eigenvalue weighted by atomic mass is 16.5. The summed E-state index contributed by atoms with van der Waals surface area (Å²) < 4.78 is 5.48. The lowest BCUT2D eigenvalue weighted by molar-refractivity contribution is -0.141. The van der Waals surface area contributed by atoms with E-state index >= 15 is 0 Å². The van der Waals surface area contributed by atoms with Gasteiger partial charge in [-0.05, 0) is 13.3 Å². The molecule has 0 spiro atoms. The van der Waals surface area contributed by atoms with Crippen molar-refractivity contribution in [3.05, 3.63) is 0 Å². The molecule has 0 aromatic rings. The van der Waals surface area contributed by atoms with E-state index in [-0.39, 0.29) is 31.4 Å². The van der Waals surface area contributed by atoms with Gasteiger partial charge in [0.25, 0.3) is 0 Å². The van der Waals surface area contributed by atoms with Gasteiger partial charge in [0.2, 0.25) is 0 Å². The summed E-state index contributed by atoms with van der Waals surface area (Å²) in [5.74, 6) is -1.31. The summed E-state index contributed by atoms with van der Waals surface area (Å²) >= 11 is 0. The van der Waals surface area contributed by atoms with E-state index in [0.717, 1.165) is 0 Å². The molecule has 19 heavy (non-hydrogen) atoms. The van der Waals surface area contributed by atoms with Crippen LogP contribution in [0.5, 0.6) is 0 Å². The fourth-order valence-corrected chi connectivity index (χ4v) is 2.64. The van der Waals surface area contributed by atoms with Crippen LogP contribution in [0.2, 0.25) is 0 Å². The Morgan fingerprint density at radius 1 is 1.26 bits per heavy atom. The predicted molar refractivity (Wildman–Crippen MR) is 65.7 cm³/mol. The number of carboxylic acid groups (broad SMARTS) is 1. The number of amides is 2. The topological polar surface area (TPSA) is 90.3 Å². The van der Waals surface area contributed by atoms with Gasteiger partial charge < -0.3 is 24.7 Å². The molecular weight excluding hydrogens is 252 g/mol. The Hall–Kier alpha value is -1.34. The lowest BCUT2D eigenvalue weighted by Crippen LogP contribution is -2.54. The molecule has 0 bridgehead atoms. The summed E-state index contributed by atoms with van der Waals surface area (Å²) in [5, 5.41) is 18.1. The molecule has 108 valence electrons. The van der Waals surface area contributed by atoms with Crippen LogP contribution in [0.4, 0.5) is 4.79 Å². The van der Waals surface area contributed by atoms with Gasteiger partial charge in [-0.25, -0.2) is 4.79 Å². The molecule has 0 saturated carbocycles. The number of morpholine rings is 1. The van der Waals surface area contributed by atoms with E-state index in [2.05, 4.69) is 0 Å². The first kappa shape index (κ1) is 14.1. The molecule has 2 aliphatic heterocycles. The van der Waals surface area contributed by atoms with E-state index in [9.17, 15) is 9.59 Å². The van der Waals surface area contributed by atoms with Crippen molar-refractivity contribution in [1.29, 1.82) is 0 Å². The summed E-state index contributed by atoms with van der Waals surface area (Å²) in [7, 11) is 0. The Balaban J connectivity index is 1.94. The molecule has 0 aromatic heterocycles. The quantitative estimate of drug-likeness (QED) is 0.713. The van der Waals surface area contributed by atoms with Crippen LogP contribution >= 0.6 is 0 Å². The minimum absolute atomic E-state index is 0.118. The van der Waals surface area contributed by atoms with Gasteiger partial charge in [-0.15, -0.1) is 0 Å². The summed E-state index contributed by atoms with van der Waals surface area (Å²) in [6, 6.07) is -0.155. The standard InChI is InChI=1S/C12H20N2O5/c1-8-4-14(6-10(7-15)19-8)12(18)13-3-2-9(5-13)11(16)17/h8-10,15H,2-7H2,1H3,(H,16,17). The maximum Gasteiger partial charge on any atom is 0.320 e. The number of rotatable bonds is 2. The average Bonchev–Trinajstić information content (AvgIpc) is 2.86. The van der Waals surface area contributed by atoms with Crippen molar-refractivity contribution >= 4 is 12.0 Å². The molecular formula is C12H20N2O5. The number of likely N-dealkylation sites (tertiary alicyclic amines) is 1. The molecule has 7 nitrogen and oxygen atoms in total. The highest BCUT2D eigenvalue weighted by Gasteiger charge is 2.35. The SMILES string of the molecule is CC1CN(C(=O)N2CCC(C(=O)O)C2)CC(CO)O1. The van der Waals surface area contributed by atoms with Gasteiger partial charge in [0.05, 0.1) is 31.3 Å². The predicted octanol–water partition coefficient (Wildman–Crippen LogP) is -0.405. The Bertz CT molecular complexity index is 362. The molecule has 2 amide bonds. The van der Waals surface area contributed by atoms with E-state index in [0.29, 0.717) is 26.1 Å². The van der Waals surface area contributed by atoms with Gasteiger partial charge in [-0.1, -0.05) is 0 Å². The Labute approximate surface area is 111 Å². The van der Waals surface area contributed by atoms with Crippen LogP contribution in [0.25, 0.3) is 0 Å². The van der Waals surface area contributed by atoms with Gasteiger partial charge in [0.15, 0.2) is 0 Å². The van der Waals surface area contributed by atoms with Crippen LogP contribution in [0, 0.1) is 5.92 Å². The van der Waals surface area contributed by atoms with Gasteiger partial charge in [-0.3, -0.25) is 4.79 Å². The van der Waals surface area contributed by atoms with Gasteiger partial charge >= 0.3 is 12.0 Å². The molecule has 7 heteroatoms. The fraction of sp³-hybridized carbons (Fsp3) is 0.833. The second kappa shape index (κ2) is 5.75. The van der Waals surface area contributed by atoms with Crippen molar-refractivity contribution in [3.63, 3.8) is 0 Å². The maximum absolute atomic E-state index is 12.3. The smallest absolute Gasteiger partial charge is 0.320 e. The number of carbonyl (C=O) groups excluding carboxylic acids is 1. The van der Waals surface area contributed by atoms with Crippen molar-refractivity contribution in [2.75, 3.05) is 32.8 Å². The zero-order valence-electron chi connectivity index (χ0n) is 11.0. The van der Waals surface area contributed by atoms with Crippen LogP contribution in [-0.4, -0.2) is 77.0 Å². The van der Waals surface area contributed by atoms with Crippen LogP contribution in [-0.2, 0) is 9.53 Å². The van der Waals surface area contributed by atoms with E-state index in [1.807, 2.05) is 6.92 Å². The Morgan fingerprint density at radius 2 is 2.00 bits per heavy atom. The lowest BCUT2D eigenvalue weighted by atomic mass is 10.1. The van der Waals surface area contributed by atoms with Crippen molar-refractivity contribution in [3.8, 4) is 0 Å². The number of carbonyl (C=O) groups is 2. The first-order valence-corrected chi connectivity index (χ1v) is 6.54. The summed E-state index contributed by atoms with van der Waals surface area (Å²) in [4.78, 5) is 26.4. The third-order valence-electron chi connectivity index (χ3n) is 3.61. The monoisotopic (exact) mass is 272 g/mol. The van der Waals surface area contributed by atoms with E-state index in [1.165, 1.54) is 0 Å². The minimum atomic E-state index is -0.848. The number of nitrogens with zero attached hydrogens (tertiary/aromatic N) is 2. The Kier molecular flexibility index (Phi) is 4.26. The summed E-state index contributed by atoms with van der Waals surface area (Å²) in [5.41, 5.74) is 0. The molecule has 2 fully saturated rings. The van der Waals surface area contributed by atoms with Crippen molar-refractivity contribution in [1.82, 2.24) is 9.80 Å². The minimum Gasteiger partial charge on any atom is -0.481 e. The third-order valence-corrected chi connectivity index (χ3v) is 3.61. The molecule has 2 rings (SSSR count). The van der Waals surface area contributed by atoms with Crippen molar-refractivity contribution in [2.24, 2.45) is 5.92 Å². The van der Waals surface area contributed by atoms with Gasteiger partial charge in [0, 0.05) is 19.6 Å². The number of aliphatic hydroxyl groups is 1. The first-order chi connectivity index (χ1) is 9.01. The number of hydrogen-bond donors (Lipinski definition) is 2. The zero-order chi connectivity index (χ0) is 14.0. The van der Waals surface area contributed by atoms with E-state index < -0.39 is 11.9 Å². The molecule has 2 aliphatic rings. The molecule has 2 heterocycles. The number of ether oxygens (including phenoxy) is 1. The third kappa shape index (κ3) is 3.16. The van der Waals surface area contributed by atoms with Crippen LogP contribution in [0.1, 0.15) is 13.3 Å². The normalized spacial score (nSPS) is 31.6. The highest BCUT2D eigenvalue weighted by Crippen LogP contribution is 2.20. The molecule has 0 radical (unpaired) electrons. The van der Waals surface area contributed by atoms with Crippen LogP contribution in [0.15, 0.2) is 0 Å². The fourth-order valence-electron chi connectivity index (χ4n) is 2.64. The molecule has 2 saturated heterocycles. The highest BCUT2D eigenvalue weighted by molar-refractivity contribution is 5.77. The summed E-state index contributed by atoms with van der Waals surface area (Å²) in [6.07, 6.45) is 0.0306. The van der Waals surface area contributed by atoms with Crippen LogP contribution < -0.4 is 0 Å². The molecule has 2 N–H and O–H groups in total. The molecule has 0 aliphatic carbocycles. The second-order valence-corrected chi connectivity index (χ2v) is 5.21. The second-order valence-electron chi connectivity index (χ2n) is 5.21. The van der Waals surface area contributed by atoms with Crippen molar-refractivity contribution < 1.29 is 24.5 Å². The lowest BCUT2D eigenvalue weighted by Gasteiger charge is -2.37. The number of aliphatic carboxylic acids is 1. The molecule has 3 unspecified atom stereocenters. The first-order valence-electron chi connectivity index (χ1n) is 6.54. The zero-order valence-corrected chi connectivity index (χ0v) is 11.0. The summed E-state index contributed by atoms with van der Waals surface area (Å²) in [6.45, 7) is 3.31. The van der Waals surface area contributed by atoms with Gasteiger partial charge in [0.1, 0.15) is 0 Å². The Morgan fingerprint density at radius 3 is 2.58 bits per heavy atom. The average molecular weight is 272 g/mol. The molecule has 3 atom stereocenters. The van der Waals surface area contributed by atoms with Crippen LogP contribution in [0.3, 0.4) is 0 Å². The number of urea groups is 1. The number of carboxylic acids is 1. The number of hydrogen-bond acceptors (Lipinski definition) is 4. The van der Waals surface area contributed by atoms with E-state index in [4.69, 9.17) is 14.9 Å². The van der Waals surface area contributed by atoms with Crippen molar-refractivity contribution in [2.45, 2.75) is 25.6 Å². The maximum atomic E-state index is 12.3. The molecule has 0 aromatic carbocycles. The van der Waals surface area contributed by atoms with E-state index in [1.54, 1.807) is 9.80 Å².